The molecule has 1 aliphatic heterocycles. The second kappa shape index (κ2) is 7.90. The largest absolute Gasteiger partial charge is 0.481 e. The Morgan fingerprint density at radius 2 is 2.31 bits per heavy atom. The molecule has 2 fully saturated rings. The van der Waals surface area contributed by atoms with Crippen LogP contribution in [-0.2, 0) is 16.1 Å². The van der Waals surface area contributed by atoms with Crippen LogP contribution in [0.4, 0.5) is 4.79 Å². The van der Waals surface area contributed by atoms with Crippen molar-refractivity contribution in [3.63, 3.8) is 0 Å². The topological polar surface area (TPSA) is 101 Å². The normalized spacial score (nSPS) is 24.3. The number of methoxy groups -OCH3 is 1. The van der Waals surface area contributed by atoms with E-state index in [2.05, 4.69) is 10.3 Å². The Kier molecular flexibility index (Phi) is 5.61. The molecule has 2 N–H and O–H groups in total. The van der Waals surface area contributed by atoms with Crippen LogP contribution in [0, 0.1) is 11.3 Å². The highest BCUT2D eigenvalue weighted by Crippen LogP contribution is 2.48. The number of carbonyl (C=O) groups excluding carboxylic acids is 1. The van der Waals surface area contributed by atoms with Crippen LogP contribution in [0.5, 0.6) is 5.88 Å². The van der Waals surface area contributed by atoms with Gasteiger partial charge in [-0.05, 0) is 24.8 Å². The van der Waals surface area contributed by atoms with Gasteiger partial charge in [-0.1, -0.05) is 12.5 Å². The maximum Gasteiger partial charge on any atom is 0.317 e. The number of likely N-dealkylation sites (tertiary alicyclic amines) is 1. The van der Waals surface area contributed by atoms with Gasteiger partial charge in [-0.3, -0.25) is 4.79 Å². The van der Waals surface area contributed by atoms with E-state index in [1.54, 1.807) is 24.3 Å². The number of pyridine rings is 1. The highest BCUT2D eigenvalue weighted by molar-refractivity contribution is 5.80. The van der Waals surface area contributed by atoms with Gasteiger partial charge in [0.2, 0.25) is 5.88 Å². The smallest absolute Gasteiger partial charge is 0.317 e. The van der Waals surface area contributed by atoms with Crippen molar-refractivity contribution in [1.82, 2.24) is 15.2 Å². The molecule has 142 valence electrons. The Morgan fingerprint density at radius 3 is 3.04 bits per heavy atom. The van der Waals surface area contributed by atoms with Crippen molar-refractivity contribution in [2.75, 3.05) is 33.4 Å². The third kappa shape index (κ3) is 3.60. The number of fused-ring (bicyclic) bond motifs is 1. The van der Waals surface area contributed by atoms with Crippen LogP contribution >= 0.6 is 0 Å². The molecule has 2 aliphatic rings. The van der Waals surface area contributed by atoms with Crippen LogP contribution in [-0.4, -0.2) is 60.4 Å². The van der Waals surface area contributed by atoms with E-state index in [0.717, 1.165) is 18.4 Å². The van der Waals surface area contributed by atoms with Gasteiger partial charge in [-0.25, -0.2) is 9.78 Å². The van der Waals surface area contributed by atoms with Gasteiger partial charge in [0.15, 0.2) is 0 Å². The molecular formula is C18H25N3O5. The molecule has 1 saturated heterocycles. The minimum absolute atomic E-state index is 0.0529. The predicted molar refractivity (Wildman–Crippen MR) is 92.8 cm³/mol. The van der Waals surface area contributed by atoms with Crippen LogP contribution in [0.1, 0.15) is 24.8 Å². The van der Waals surface area contributed by atoms with Crippen LogP contribution in [0.15, 0.2) is 18.3 Å². The zero-order valence-electron chi connectivity index (χ0n) is 14.9. The van der Waals surface area contributed by atoms with Gasteiger partial charge in [0.1, 0.15) is 6.61 Å². The van der Waals surface area contributed by atoms with Gasteiger partial charge in [0.25, 0.3) is 0 Å². The molecule has 1 aromatic rings. The lowest BCUT2D eigenvalue weighted by molar-refractivity contribution is -0.149. The molecular weight excluding hydrogens is 338 g/mol. The highest BCUT2D eigenvalue weighted by atomic mass is 16.5. The molecule has 3 rings (SSSR count). The molecule has 2 atom stereocenters. The lowest BCUT2D eigenvalue weighted by Gasteiger charge is -2.23. The van der Waals surface area contributed by atoms with Gasteiger partial charge in [0, 0.05) is 38.5 Å². The van der Waals surface area contributed by atoms with Crippen molar-refractivity contribution in [3.05, 3.63) is 23.9 Å². The SMILES string of the molecule is COCCOc1ncccc1CNC(=O)N1C[C@@H]2CCC[C@@]2(C(=O)O)C1. The van der Waals surface area contributed by atoms with E-state index < -0.39 is 11.4 Å². The van der Waals surface area contributed by atoms with E-state index in [-0.39, 0.29) is 25.0 Å². The number of nitrogens with one attached hydrogen (secondary N) is 1. The number of carbonyl (C=O) groups is 2. The van der Waals surface area contributed by atoms with Crippen molar-refractivity contribution in [2.45, 2.75) is 25.8 Å². The average molecular weight is 363 g/mol. The summed E-state index contributed by atoms with van der Waals surface area (Å²) in [4.78, 5) is 30.1. The molecule has 0 bridgehead atoms. The summed E-state index contributed by atoms with van der Waals surface area (Å²) in [7, 11) is 1.60. The Balaban J connectivity index is 1.58. The Labute approximate surface area is 152 Å². The molecule has 0 unspecified atom stereocenters. The first-order valence-corrected chi connectivity index (χ1v) is 8.88. The first-order chi connectivity index (χ1) is 12.6. The van der Waals surface area contributed by atoms with Crippen molar-refractivity contribution in [1.29, 1.82) is 0 Å². The van der Waals surface area contributed by atoms with Gasteiger partial charge >= 0.3 is 12.0 Å². The molecule has 0 aromatic carbocycles. The number of aliphatic carboxylic acids is 1. The summed E-state index contributed by atoms with van der Waals surface area (Å²) in [5.74, 6) is -0.265. The summed E-state index contributed by atoms with van der Waals surface area (Å²) in [6.07, 6.45) is 4.07. The summed E-state index contributed by atoms with van der Waals surface area (Å²) in [5.41, 5.74) is 0.00404. The zero-order valence-corrected chi connectivity index (χ0v) is 14.9. The Morgan fingerprint density at radius 1 is 1.46 bits per heavy atom. The van der Waals surface area contributed by atoms with Crippen molar-refractivity contribution < 1.29 is 24.2 Å². The molecule has 1 saturated carbocycles. The third-order valence-corrected chi connectivity index (χ3v) is 5.39. The molecule has 2 amide bonds. The molecule has 2 heterocycles. The summed E-state index contributed by atoms with van der Waals surface area (Å²) in [5, 5.41) is 12.5. The second-order valence-electron chi connectivity index (χ2n) is 6.90. The fourth-order valence-electron chi connectivity index (χ4n) is 3.99. The Bertz CT molecular complexity index is 668. The quantitative estimate of drug-likeness (QED) is 0.712. The van der Waals surface area contributed by atoms with Crippen LogP contribution in [0.3, 0.4) is 0 Å². The maximum absolute atomic E-state index is 12.5. The number of aromatic nitrogens is 1. The number of nitrogens with zero attached hydrogens (tertiary/aromatic N) is 2. The zero-order chi connectivity index (χ0) is 18.6. The summed E-state index contributed by atoms with van der Waals surface area (Å²) in [6.45, 7) is 1.89. The fraction of sp³-hybridized carbons (Fsp3) is 0.611. The van der Waals surface area contributed by atoms with Gasteiger partial charge < -0.3 is 24.8 Å². The van der Waals surface area contributed by atoms with E-state index in [1.807, 2.05) is 6.07 Å². The number of hydrogen-bond acceptors (Lipinski definition) is 5. The molecule has 8 nitrogen and oxygen atoms in total. The third-order valence-electron chi connectivity index (χ3n) is 5.39. The van der Waals surface area contributed by atoms with E-state index in [0.29, 0.717) is 32.1 Å². The van der Waals surface area contributed by atoms with Crippen LogP contribution in [0.25, 0.3) is 0 Å². The average Bonchev–Trinajstić information content (AvgIpc) is 3.19. The molecule has 1 aromatic heterocycles. The summed E-state index contributed by atoms with van der Waals surface area (Å²) in [6, 6.07) is 3.38. The molecule has 1 aliphatic carbocycles. The number of carboxylic acid groups (broad SMARTS) is 1. The maximum atomic E-state index is 12.5. The van der Waals surface area contributed by atoms with Crippen LogP contribution < -0.4 is 10.1 Å². The number of ether oxygens (including phenoxy) is 2. The monoisotopic (exact) mass is 363 g/mol. The fourth-order valence-corrected chi connectivity index (χ4v) is 3.99. The molecule has 0 radical (unpaired) electrons. The second-order valence-corrected chi connectivity index (χ2v) is 6.90. The number of hydrogen-bond donors (Lipinski definition) is 2. The first kappa shape index (κ1) is 18.4. The first-order valence-electron chi connectivity index (χ1n) is 8.88. The van der Waals surface area contributed by atoms with Crippen molar-refractivity contribution in [2.24, 2.45) is 11.3 Å². The minimum atomic E-state index is -0.781. The van der Waals surface area contributed by atoms with E-state index in [4.69, 9.17) is 9.47 Å². The highest BCUT2D eigenvalue weighted by Gasteiger charge is 2.55. The molecule has 8 heteroatoms. The predicted octanol–water partition coefficient (Wildman–Crippen LogP) is 1.50. The van der Waals surface area contributed by atoms with Gasteiger partial charge in [0.05, 0.1) is 12.0 Å². The lowest BCUT2D eigenvalue weighted by Crippen LogP contribution is -2.41. The number of carboxylic acids is 1. The standard InChI is InChI=1S/C18H25N3O5/c1-25-8-9-26-15-13(4-3-7-19-15)10-20-17(24)21-11-14-5-2-6-18(14,12-21)16(22)23/h3-4,7,14H,2,5-6,8-12H2,1H3,(H,20,24)(H,22,23)/t14-,18+/m0/s1. The Hall–Kier alpha value is -2.35. The van der Waals surface area contributed by atoms with Crippen molar-refractivity contribution in [3.8, 4) is 5.88 Å². The van der Waals surface area contributed by atoms with Crippen molar-refractivity contribution >= 4 is 12.0 Å². The minimum Gasteiger partial charge on any atom is -0.481 e. The molecule has 0 spiro atoms. The van der Waals surface area contributed by atoms with E-state index >= 15 is 0 Å². The van der Waals surface area contributed by atoms with Crippen LogP contribution in [0.2, 0.25) is 0 Å². The van der Waals surface area contributed by atoms with E-state index in [1.165, 1.54) is 0 Å². The van der Waals surface area contributed by atoms with E-state index in [9.17, 15) is 14.7 Å². The number of amides is 2. The number of urea groups is 1. The lowest BCUT2D eigenvalue weighted by atomic mass is 9.81. The molecule has 26 heavy (non-hydrogen) atoms. The summed E-state index contributed by atoms with van der Waals surface area (Å²) < 4.78 is 10.5. The van der Waals surface area contributed by atoms with Gasteiger partial charge in [-0.2, -0.15) is 0 Å². The summed E-state index contributed by atoms with van der Waals surface area (Å²) >= 11 is 0. The van der Waals surface area contributed by atoms with Gasteiger partial charge in [-0.15, -0.1) is 0 Å². The number of rotatable bonds is 7.